The summed E-state index contributed by atoms with van der Waals surface area (Å²) in [5.41, 5.74) is 2.73. The summed E-state index contributed by atoms with van der Waals surface area (Å²) in [4.78, 5) is 11.8. The van der Waals surface area contributed by atoms with Gasteiger partial charge in [0.2, 0.25) is 0 Å². The molecule has 0 amide bonds. The summed E-state index contributed by atoms with van der Waals surface area (Å²) < 4.78 is 5.73. The van der Waals surface area contributed by atoms with E-state index in [9.17, 15) is 4.79 Å². The van der Waals surface area contributed by atoms with Gasteiger partial charge in [0.15, 0.2) is 0 Å². The van der Waals surface area contributed by atoms with E-state index >= 15 is 0 Å². The SMILES string of the molecule is O=c1[nH]nc(-c2cccc3c2OCC3)c2ccccc12. The fourth-order valence-electron chi connectivity index (χ4n) is 2.72. The van der Waals surface area contributed by atoms with Crippen LogP contribution < -0.4 is 10.3 Å². The first kappa shape index (κ1) is 11.2. The smallest absolute Gasteiger partial charge is 0.272 e. The Labute approximate surface area is 115 Å². The van der Waals surface area contributed by atoms with Crippen molar-refractivity contribution >= 4 is 10.8 Å². The molecule has 0 saturated carbocycles. The first-order chi connectivity index (χ1) is 9.84. The van der Waals surface area contributed by atoms with Gasteiger partial charge in [0.1, 0.15) is 11.4 Å². The Kier molecular flexibility index (Phi) is 2.36. The first-order valence-electron chi connectivity index (χ1n) is 6.57. The van der Waals surface area contributed by atoms with Crippen molar-refractivity contribution in [2.24, 2.45) is 0 Å². The lowest BCUT2D eigenvalue weighted by atomic mass is 10.0. The molecule has 1 N–H and O–H groups in total. The number of aromatic nitrogens is 2. The van der Waals surface area contributed by atoms with E-state index in [1.807, 2.05) is 36.4 Å². The second kappa shape index (κ2) is 4.20. The third-order valence-corrected chi connectivity index (χ3v) is 3.67. The number of nitrogens with one attached hydrogen (secondary N) is 1. The van der Waals surface area contributed by atoms with Gasteiger partial charge < -0.3 is 4.74 Å². The first-order valence-corrected chi connectivity index (χ1v) is 6.57. The molecule has 0 saturated heterocycles. The number of H-pyrrole nitrogens is 1. The Morgan fingerprint density at radius 2 is 1.90 bits per heavy atom. The number of ether oxygens (including phenoxy) is 1. The summed E-state index contributed by atoms with van der Waals surface area (Å²) in [7, 11) is 0. The van der Waals surface area contributed by atoms with Crippen LogP contribution in [0.2, 0.25) is 0 Å². The summed E-state index contributed by atoms with van der Waals surface area (Å²) in [5.74, 6) is 0.886. The third-order valence-electron chi connectivity index (χ3n) is 3.67. The van der Waals surface area contributed by atoms with E-state index in [1.54, 1.807) is 0 Å². The summed E-state index contributed by atoms with van der Waals surface area (Å²) in [6.07, 6.45) is 0.921. The van der Waals surface area contributed by atoms with Gasteiger partial charge in [-0.05, 0) is 17.7 Å². The Balaban J connectivity index is 2.07. The molecule has 0 fully saturated rings. The molecule has 0 bridgehead atoms. The molecular weight excluding hydrogens is 252 g/mol. The number of hydrogen-bond donors (Lipinski definition) is 1. The number of para-hydroxylation sites is 1. The Hall–Kier alpha value is -2.62. The fourth-order valence-corrected chi connectivity index (χ4v) is 2.72. The van der Waals surface area contributed by atoms with Crippen LogP contribution in [0.3, 0.4) is 0 Å². The Bertz CT molecular complexity index is 868. The van der Waals surface area contributed by atoms with Crippen molar-refractivity contribution in [2.45, 2.75) is 6.42 Å². The summed E-state index contributed by atoms with van der Waals surface area (Å²) in [6, 6.07) is 13.6. The molecule has 0 spiro atoms. The highest BCUT2D eigenvalue weighted by Crippen LogP contribution is 2.37. The molecule has 4 rings (SSSR count). The molecule has 2 aromatic carbocycles. The van der Waals surface area contributed by atoms with Crippen molar-refractivity contribution < 1.29 is 4.74 Å². The van der Waals surface area contributed by atoms with Crippen LogP contribution in [-0.4, -0.2) is 16.8 Å². The number of fused-ring (bicyclic) bond motifs is 2. The maximum absolute atomic E-state index is 11.8. The largest absolute Gasteiger partial charge is 0.492 e. The van der Waals surface area contributed by atoms with Crippen molar-refractivity contribution in [1.82, 2.24) is 10.2 Å². The zero-order chi connectivity index (χ0) is 13.5. The zero-order valence-electron chi connectivity index (χ0n) is 10.7. The number of hydrogen-bond acceptors (Lipinski definition) is 3. The molecule has 98 valence electrons. The molecule has 1 aromatic heterocycles. The monoisotopic (exact) mass is 264 g/mol. The van der Waals surface area contributed by atoms with E-state index in [0.717, 1.165) is 28.8 Å². The van der Waals surface area contributed by atoms with E-state index in [-0.39, 0.29) is 5.56 Å². The molecule has 0 radical (unpaired) electrons. The van der Waals surface area contributed by atoms with Crippen LogP contribution in [0.1, 0.15) is 5.56 Å². The predicted molar refractivity (Wildman–Crippen MR) is 77.0 cm³/mol. The number of rotatable bonds is 1. The maximum atomic E-state index is 11.8. The topological polar surface area (TPSA) is 55.0 Å². The Morgan fingerprint density at radius 3 is 2.80 bits per heavy atom. The van der Waals surface area contributed by atoms with Gasteiger partial charge in [-0.15, -0.1) is 0 Å². The van der Waals surface area contributed by atoms with E-state index in [2.05, 4.69) is 16.3 Å². The van der Waals surface area contributed by atoms with Crippen LogP contribution in [0.25, 0.3) is 22.0 Å². The van der Waals surface area contributed by atoms with Gasteiger partial charge in [-0.2, -0.15) is 5.10 Å². The average molecular weight is 264 g/mol. The molecular formula is C16H12N2O2. The number of aromatic amines is 1. The van der Waals surface area contributed by atoms with Gasteiger partial charge in [-0.1, -0.05) is 30.3 Å². The molecule has 0 unspecified atom stereocenters. The molecule has 2 heterocycles. The van der Waals surface area contributed by atoms with E-state index in [1.165, 1.54) is 5.56 Å². The fraction of sp³-hybridized carbons (Fsp3) is 0.125. The van der Waals surface area contributed by atoms with Crippen molar-refractivity contribution in [3.63, 3.8) is 0 Å². The van der Waals surface area contributed by atoms with Crippen LogP contribution >= 0.6 is 0 Å². The van der Waals surface area contributed by atoms with Crippen molar-refractivity contribution in [3.8, 4) is 17.0 Å². The molecule has 3 aromatic rings. The molecule has 0 aliphatic carbocycles. The summed E-state index contributed by atoms with van der Waals surface area (Å²) in [6.45, 7) is 0.702. The molecule has 4 heteroatoms. The second-order valence-corrected chi connectivity index (χ2v) is 4.84. The number of nitrogens with zero attached hydrogens (tertiary/aromatic N) is 1. The van der Waals surface area contributed by atoms with Crippen LogP contribution in [0.4, 0.5) is 0 Å². The lowest BCUT2D eigenvalue weighted by Gasteiger charge is -2.09. The molecule has 1 aliphatic heterocycles. The molecule has 4 nitrogen and oxygen atoms in total. The molecule has 0 atom stereocenters. The zero-order valence-corrected chi connectivity index (χ0v) is 10.7. The lowest BCUT2D eigenvalue weighted by molar-refractivity contribution is 0.358. The Morgan fingerprint density at radius 1 is 1.05 bits per heavy atom. The van der Waals surface area contributed by atoms with Gasteiger partial charge in [0.25, 0.3) is 5.56 Å². The molecule has 20 heavy (non-hydrogen) atoms. The minimum absolute atomic E-state index is 0.169. The predicted octanol–water partition coefficient (Wildman–Crippen LogP) is 2.53. The van der Waals surface area contributed by atoms with Crippen LogP contribution in [0.15, 0.2) is 47.3 Å². The van der Waals surface area contributed by atoms with Crippen LogP contribution in [-0.2, 0) is 6.42 Å². The van der Waals surface area contributed by atoms with Crippen molar-refractivity contribution in [1.29, 1.82) is 0 Å². The van der Waals surface area contributed by atoms with Crippen LogP contribution in [0.5, 0.6) is 5.75 Å². The van der Waals surface area contributed by atoms with Gasteiger partial charge in [0.05, 0.1) is 12.0 Å². The second-order valence-electron chi connectivity index (χ2n) is 4.84. The normalized spacial score (nSPS) is 13.2. The highest BCUT2D eigenvalue weighted by molar-refractivity contribution is 5.95. The minimum atomic E-state index is -0.169. The quantitative estimate of drug-likeness (QED) is 0.734. The standard InChI is InChI=1S/C16H12N2O2/c19-16-12-6-2-1-5-11(12)14(17-18-16)13-7-3-4-10-8-9-20-15(10)13/h1-7H,8-9H2,(H,18,19). The minimum Gasteiger partial charge on any atom is -0.492 e. The lowest BCUT2D eigenvalue weighted by Crippen LogP contribution is -2.09. The van der Waals surface area contributed by atoms with E-state index in [4.69, 9.17) is 4.74 Å². The highest BCUT2D eigenvalue weighted by Gasteiger charge is 2.19. The van der Waals surface area contributed by atoms with E-state index < -0.39 is 0 Å². The molecule has 1 aliphatic rings. The van der Waals surface area contributed by atoms with Crippen molar-refractivity contribution in [3.05, 3.63) is 58.4 Å². The van der Waals surface area contributed by atoms with Crippen molar-refractivity contribution in [2.75, 3.05) is 6.61 Å². The van der Waals surface area contributed by atoms with Gasteiger partial charge in [0, 0.05) is 17.4 Å². The van der Waals surface area contributed by atoms with Gasteiger partial charge >= 0.3 is 0 Å². The van der Waals surface area contributed by atoms with E-state index in [0.29, 0.717) is 12.0 Å². The van der Waals surface area contributed by atoms with Crippen LogP contribution in [0, 0.1) is 0 Å². The summed E-state index contributed by atoms with van der Waals surface area (Å²) >= 11 is 0. The summed E-state index contributed by atoms with van der Waals surface area (Å²) in [5, 5.41) is 8.30. The van der Waals surface area contributed by atoms with Gasteiger partial charge in [-0.3, -0.25) is 4.79 Å². The highest BCUT2D eigenvalue weighted by atomic mass is 16.5. The maximum Gasteiger partial charge on any atom is 0.272 e. The van der Waals surface area contributed by atoms with Gasteiger partial charge in [-0.25, -0.2) is 5.10 Å². The average Bonchev–Trinajstić information content (AvgIpc) is 2.97. The number of benzene rings is 2. The third kappa shape index (κ3) is 1.54.